The molecule has 0 aliphatic rings. The Morgan fingerprint density at radius 1 is 1.67 bits per heavy atom. The van der Waals surface area contributed by atoms with Crippen LogP contribution in [0.2, 0.25) is 5.02 Å². The van der Waals surface area contributed by atoms with Crippen molar-refractivity contribution < 1.29 is 4.92 Å². The maximum absolute atomic E-state index is 10.6. The molecule has 0 radical (unpaired) electrons. The van der Waals surface area contributed by atoms with E-state index in [0.717, 1.165) is 5.33 Å². The Balaban J connectivity index is 3.08. The van der Waals surface area contributed by atoms with E-state index in [2.05, 4.69) is 32.8 Å². The van der Waals surface area contributed by atoms with Crippen LogP contribution in [-0.4, -0.2) is 15.2 Å². The average Bonchev–Trinajstić information content (AvgIpc) is 2.20. The van der Waals surface area contributed by atoms with Crippen molar-refractivity contribution in [3.05, 3.63) is 33.1 Å². The van der Waals surface area contributed by atoms with Gasteiger partial charge >= 0.3 is 5.69 Å². The summed E-state index contributed by atoms with van der Waals surface area (Å²) in [7, 11) is 0. The van der Waals surface area contributed by atoms with Crippen LogP contribution >= 0.6 is 27.5 Å². The third kappa shape index (κ3) is 3.50. The standard InChI is InChI=1S/C9H6BrClN2O2/c10-4-2-1-3-8-9(13(14)15)5-7(11)6-12-8/h5-6H,2,4H2. The molecule has 0 spiro atoms. The third-order valence-electron chi connectivity index (χ3n) is 1.46. The summed E-state index contributed by atoms with van der Waals surface area (Å²) in [5.41, 5.74) is -0.0186. The fraction of sp³-hybridized carbons (Fsp3) is 0.222. The summed E-state index contributed by atoms with van der Waals surface area (Å²) < 4.78 is 0. The van der Waals surface area contributed by atoms with Gasteiger partial charge in [-0.1, -0.05) is 33.5 Å². The van der Waals surface area contributed by atoms with Crippen LogP contribution in [0.15, 0.2) is 12.3 Å². The summed E-state index contributed by atoms with van der Waals surface area (Å²) in [5, 5.41) is 11.6. The van der Waals surface area contributed by atoms with Gasteiger partial charge in [0.2, 0.25) is 0 Å². The molecule has 6 heteroatoms. The van der Waals surface area contributed by atoms with Crippen molar-refractivity contribution in [3.8, 4) is 11.8 Å². The lowest BCUT2D eigenvalue weighted by atomic mass is 10.3. The van der Waals surface area contributed by atoms with Gasteiger partial charge in [0.1, 0.15) is 0 Å². The number of hydrogen-bond acceptors (Lipinski definition) is 3. The highest BCUT2D eigenvalue weighted by Gasteiger charge is 2.13. The van der Waals surface area contributed by atoms with Gasteiger partial charge in [0.25, 0.3) is 0 Å². The van der Waals surface area contributed by atoms with Gasteiger partial charge < -0.3 is 0 Å². The van der Waals surface area contributed by atoms with Crippen molar-refractivity contribution in [2.24, 2.45) is 0 Å². The van der Waals surface area contributed by atoms with Gasteiger partial charge in [-0.25, -0.2) is 4.98 Å². The van der Waals surface area contributed by atoms with Gasteiger partial charge in [0, 0.05) is 24.0 Å². The highest BCUT2D eigenvalue weighted by molar-refractivity contribution is 9.09. The van der Waals surface area contributed by atoms with Crippen LogP contribution in [0.4, 0.5) is 5.69 Å². The molecule has 78 valence electrons. The van der Waals surface area contributed by atoms with Crippen LogP contribution in [0.25, 0.3) is 0 Å². The predicted octanol–water partition coefficient (Wildman–Crippen LogP) is 2.78. The first-order valence-corrected chi connectivity index (χ1v) is 5.50. The van der Waals surface area contributed by atoms with Gasteiger partial charge in [-0.3, -0.25) is 10.1 Å². The third-order valence-corrected chi connectivity index (χ3v) is 2.06. The maximum atomic E-state index is 10.6. The number of pyridine rings is 1. The SMILES string of the molecule is O=[N+]([O-])c1cc(Cl)cnc1C#CCCBr. The first-order valence-electron chi connectivity index (χ1n) is 4.00. The minimum absolute atomic E-state index is 0.144. The monoisotopic (exact) mass is 288 g/mol. The van der Waals surface area contributed by atoms with E-state index in [9.17, 15) is 10.1 Å². The fourth-order valence-electron chi connectivity index (χ4n) is 0.858. The Bertz CT molecular complexity index is 439. The molecule has 0 saturated carbocycles. The van der Waals surface area contributed by atoms with Crippen molar-refractivity contribution in [1.82, 2.24) is 4.98 Å². The van der Waals surface area contributed by atoms with Crippen molar-refractivity contribution in [3.63, 3.8) is 0 Å². The smallest absolute Gasteiger partial charge is 0.258 e. The molecule has 0 aliphatic heterocycles. The number of rotatable bonds is 2. The predicted molar refractivity (Wildman–Crippen MR) is 61.2 cm³/mol. The zero-order chi connectivity index (χ0) is 11.3. The molecule has 4 nitrogen and oxygen atoms in total. The van der Waals surface area contributed by atoms with Crippen LogP contribution in [0, 0.1) is 22.0 Å². The van der Waals surface area contributed by atoms with Crippen molar-refractivity contribution in [1.29, 1.82) is 0 Å². The molecule has 0 fully saturated rings. The molecule has 0 unspecified atom stereocenters. The van der Waals surface area contributed by atoms with E-state index in [-0.39, 0.29) is 16.4 Å². The zero-order valence-electron chi connectivity index (χ0n) is 7.54. The van der Waals surface area contributed by atoms with E-state index in [1.807, 2.05) is 0 Å². The number of alkyl halides is 1. The largest absolute Gasteiger partial charge is 0.304 e. The Kier molecular flexibility index (Phi) is 4.53. The Morgan fingerprint density at radius 3 is 3.00 bits per heavy atom. The molecule has 0 saturated heterocycles. The van der Waals surface area contributed by atoms with E-state index >= 15 is 0 Å². The molecule has 1 aromatic heterocycles. The summed E-state index contributed by atoms with van der Waals surface area (Å²) in [6, 6.07) is 1.24. The molecule has 0 atom stereocenters. The molecule has 0 aliphatic carbocycles. The molecule has 1 heterocycles. The summed E-state index contributed by atoms with van der Waals surface area (Å²) in [4.78, 5) is 13.9. The summed E-state index contributed by atoms with van der Waals surface area (Å²) in [5.74, 6) is 5.39. The summed E-state index contributed by atoms with van der Waals surface area (Å²) in [6.45, 7) is 0. The van der Waals surface area contributed by atoms with Crippen LogP contribution in [0.3, 0.4) is 0 Å². The fourth-order valence-corrected chi connectivity index (χ4v) is 1.21. The van der Waals surface area contributed by atoms with E-state index in [1.54, 1.807) is 0 Å². The van der Waals surface area contributed by atoms with Gasteiger partial charge in [-0.15, -0.1) is 0 Å². The molecular formula is C9H6BrClN2O2. The van der Waals surface area contributed by atoms with E-state index in [1.165, 1.54) is 12.3 Å². The quantitative estimate of drug-likeness (QED) is 0.364. The van der Waals surface area contributed by atoms with Gasteiger partial charge in [-0.2, -0.15) is 0 Å². The van der Waals surface area contributed by atoms with Crippen LogP contribution in [0.5, 0.6) is 0 Å². The second-order valence-corrected chi connectivity index (χ2v) is 3.75. The molecule has 0 aromatic carbocycles. The highest BCUT2D eigenvalue weighted by Crippen LogP contribution is 2.19. The normalized spacial score (nSPS) is 9.20. The second kappa shape index (κ2) is 5.69. The molecule has 0 N–H and O–H groups in total. The van der Waals surface area contributed by atoms with Crippen LogP contribution < -0.4 is 0 Å². The van der Waals surface area contributed by atoms with Crippen LogP contribution in [0.1, 0.15) is 12.1 Å². The topological polar surface area (TPSA) is 56.0 Å². The Hall–Kier alpha value is -1.12. The second-order valence-electron chi connectivity index (χ2n) is 2.52. The minimum atomic E-state index is -0.545. The average molecular weight is 290 g/mol. The molecule has 1 rings (SSSR count). The van der Waals surface area contributed by atoms with Crippen molar-refractivity contribution in [2.45, 2.75) is 6.42 Å². The Labute approximate surface area is 99.9 Å². The van der Waals surface area contributed by atoms with Crippen molar-refractivity contribution in [2.75, 3.05) is 5.33 Å². The minimum Gasteiger partial charge on any atom is -0.258 e. The molecule has 1 aromatic rings. The van der Waals surface area contributed by atoms with Gasteiger partial charge in [0.15, 0.2) is 5.69 Å². The van der Waals surface area contributed by atoms with E-state index < -0.39 is 4.92 Å². The lowest BCUT2D eigenvalue weighted by molar-refractivity contribution is -0.385. The van der Waals surface area contributed by atoms with Crippen LogP contribution in [-0.2, 0) is 0 Å². The molecule has 0 bridgehead atoms. The maximum Gasteiger partial charge on any atom is 0.304 e. The number of aromatic nitrogens is 1. The van der Waals surface area contributed by atoms with Crippen molar-refractivity contribution >= 4 is 33.2 Å². The van der Waals surface area contributed by atoms with Gasteiger partial charge in [0.05, 0.1) is 9.95 Å². The van der Waals surface area contributed by atoms with E-state index in [0.29, 0.717) is 6.42 Å². The summed E-state index contributed by atoms with van der Waals surface area (Å²) in [6.07, 6.45) is 1.95. The summed E-state index contributed by atoms with van der Waals surface area (Å²) >= 11 is 8.80. The number of halogens is 2. The first kappa shape index (κ1) is 12.0. The number of nitrogens with zero attached hydrogens (tertiary/aromatic N) is 2. The molecule has 15 heavy (non-hydrogen) atoms. The lowest BCUT2D eigenvalue weighted by Gasteiger charge is -1.94. The zero-order valence-corrected chi connectivity index (χ0v) is 9.88. The Morgan fingerprint density at radius 2 is 2.40 bits per heavy atom. The number of hydrogen-bond donors (Lipinski definition) is 0. The highest BCUT2D eigenvalue weighted by atomic mass is 79.9. The molecule has 0 amide bonds. The first-order chi connectivity index (χ1) is 7.15. The van der Waals surface area contributed by atoms with E-state index in [4.69, 9.17) is 11.6 Å². The lowest BCUT2D eigenvalue weighted by Crippen LogP contribution is -1.94. The number of nitro groups is 1. The molecular weight excluding hydrogens is 283 g/mol. The van der Waals surface area contributed by atoms with Gasteiger partial charge in [-0.05, 0) is 5.92 Å².